The van der Waals surface area contributed by atoms with Gasteiger partial charge in [0.15, 0.2) is 0 Å². The van der Waals surface area contributed by atoms with Gasteiger partial charge < -0.3 is 18.6 Å². The van der Waals surface area contributed by atoms with Crippen LogP contribution < -0.4 is 10.2 Å². The standard InChI is InChI=1S/C17H21BClNO4/c1-10-14(18-23-16(2,3)17(4,5)24-18)15(20-22-10)12-9-11(19)7-8-13(12)21-6/h7-9H,1-6H3. The number of aryl methyl sites for hydroxylation is 1. The fourth-order valence-electron chi connectivity index (χ4n) is 2.68. The van der Waals surface area contributed by atoms with E-state index >= 15 is 0 Å². The van der Waals surface area contributed by atoms with Crippen molar-refractivity contribution in [3.63, 3.8) is 0 Å². The van der Waals surface area contributed by atoms with Crippen LogP contribution in [0.1, 0.15) is 33.5 Å². The predicted octanol–water partition coefficient (Wildman–Crippen LogP) is 3.61. The number of nitrogens with zero attached hydrogens (tertiary/aromatic N) is 1. The Morgan fingerprint density at radius 2 is 1.75 bits per heavy atom. The Bertz CT molecular complexity index is 756. The maximum absolute atomic E-state index is 6.16. The normalized spacial score (nSPS) is 18.9. The zero-order valence-corrected chi connectivity index (χ0v) is 15.5. The van der Waals surface area contributed by atoms with E-state index in [1.807, 2.05) is 34.6 Å². The summed E-state index contributed by atoms with van der Waals surface area (Å²) in [4.78, 5) is 0. The first-order chi connectivity index (χ1) is 11.2. The van der Waals surface area contributed by atoms with Crippen LogP contribution in [0.15, 0.2) is 22.7 Å². The zero-order valence-electron chi connectivity index (χ0n) is 14.8. The highest BCUT2D eigenvalue weighted by Crippen LogP contribution is 2.38. The van der Waals surface area contributed by atoms with Gasteiger partial charge in [0.05, 0.1) is 23.8 Å². The largest absolute Gasteiger partial charge is 0.500 e. The summed E-state index contributed by atoms with van der Waals surface area (Å²) in [6.07, 6.45) is 0. The van der Waals surface area contributed by atoms with Crippen molar-refractivity contribution < 1.29 is 18.6 Å². The molecule has 0 N–H and O–H groups in total. The molecule has 0 bridgehead atoms. The Balaban J connectivity index is 2.10. The molecular weight excluding hydrogens is 328 g/mol. The van der Waals surface area contributed by atoms with Crippen molar-refractivity contribution in [3.05, 3.63) is 29.0 Å². The minimum Gasteiger partial charge on any atom is -0.496 e. The second-order valence-electron chi connectivity index (χ2n) is 6.93. The van der Waals surface area contributed by atoms with Crippen LogP contribution in [0.3, 0.4) is 0 Å². The monoisotopic (exact) mass is 349 g/mol. The molecule has 1 aliphatic rings. The fraction of sp³-hybridized carbons (Fsp3) is 0.471. The van der Waals surface area contributed by atoms with Gasteiger partial charge in [-0.25, -0.2) is 0 Å². The van der Waals surface area contributed by atoms with Crippen molar-refractivity contribution in [1.82, 2.24) is 5.16 Å². The maximum atomic E-state index is 6.16. The Morgan fingerprint density at radius 3 is 2.33 bits per heavy atom. The van der Waals surface area contributed by atoms with Crippen molar-refractivity contribution in [2.75, 3.05) is 7.11 Å². The first kappa shape index (κ1) is 17.3. The maximum Gasteiger partial charge on any atom is 0.500 e. The molecule has 0 unspecified atom stereocenters. The molecule has 7 heteroatoms. The third-order valence-corrected chi connectivity index (χ3v) is 5.05. The van der Waals surface area contributed by atoms with Gasteiger partial charge in [-0.15, -0.1) is 0 Å². The predicted molar refractivity (Wildman–Crippen MR) is 94.0 cm³/mol. The van der Waals surface area contributed by atoms with Gasteiger partial charge in [0.25, 0.3) is 0 Å². The quantitative estimate of drug-likeness (QED) is 0.792. The summed E-state index contributed by atoms with van der Waals surface area (Å²) in [5.74, 6) is 1.30. The van der Waals surface area contributed by atoms with Gasteiger partial charge in [-0.2, -0.15) is 0 Å². The Kier molecular flexibility index (Phi) is 4.18. The summed E-state index contributed by atoms with van der Waals surface area (Å²) in [7, 11) is 1.04. The van der Waals surface area contributed by atoms with Crippen LogP contribution in [-0.2, 0) is 9.31 Å². The van der Waals surface area contributed by atoms with Gasteiger partial charge in [0, 0.05) is 10.6 Å². The molecule has 3 rings (SSSR count). The van der Waals surface area contributed by atoms with Gasteiger partial charge in [-0.1, -0.05) is 16.8 Å². The third kappa shape index (κ3) is 2.72. The number of ether oxygens (including phenoxy) is 1. The average Bonchev–Trinajstić information content (AvgIpc) is 2.96. The van der Waals surface area contributed by atoms with Crippen LogP contribution >= 0.6 is 11.6 Å². The number of aromatic nitrogens is 1. The van der Waals surface area contributed by atoms with Crippen LogP contribution in [0.4, 0.5) is 0 Å². The molecule has 1 aliphatic heterocycles. The molecule has 1 aromatic carbocycles. The molecule has 128 valence electrons. The first-order valence-corrected chi connectivity index (χ1v) is 8.20. The van der Waals surface area contributed by atoms with E-state index in [4.69, 9.17) is 30.2 Å². The summed E-state index contributed by atoms with van der Waals surface area (Å²) in [6, 6.07) is 5.37. The van der Waals surface area contributed by atoms with Crippen molar-refractivity contribution in [2.45, 2.75) is 45.8 Å². The highest BCUT2D eigenvalue weighted by atomic mass is 35.5. The Labute approximate surface area is 147 Å². The van der Waals surface area contributed by atoms with Crippen LogP contribution in [0, 0.1) is 6.92 Å². The lowest BCUT2D eigenvalue weighted by molar-refractivity contribution is 0.00578. The van der Waals surface area contributed by atoms with Gasteiger partial charge in [-0.3, -0.25) is 0 Å². The molecule has 0 aliphatic carbocycles. The van der Waals surface area contributed by atoms with E-state index in [-0.39, 0.29) is 0 Å². The van der Waals surface area contributed by atoms with Gasteiger partial charge in [0.2, 0.25) is 0 Å². The fourth-order valence-corrected chi connectivity index (χ4v) is 2.85. The summed E-state index contributed by atoms with van der Waals surface area (Å²) >= 11 is 6.16. The van der Waals surface area contributed by atoms with Gasteiger partial charge in [0.1, 0.15) is 17.2 Å². The van der Waals surface area contributed by atoms with E-state index < -0.39 is 18.3 Å². The molecule has 1 aromatic heterocycles. The molecule has 24 heavy (non-hydrogen) atoms. The highest BCUT2D eigenvalue weighted by Gasteiger charge is 2.53. The molecule has 0 atom stereocenters. The second-order valence-corrected chi connectivity index (χ2v) is 7.37. The molecular formula is C17H21BClNO4. The smallest absolute Gasteiger partial charge is 0.496 e. The average molecular weight is 350 g/mol. The van der Waals surface area contributed by atoms with E-state index in [9.17, 15) is 0 Å². The number of hydrogen-bond acceptors (Lipinski definition) is 5. The summed E-state index contributed by atoms with van der Waals surface area (Å²) in [5.41, 5.74) is 1.22. The van der Waals surface area contributed by atoms with E-state index in [1.165, 1.54) is 0 Å². The van der Waals surface area contributed by atoms with E-state index in [1.54, 1.807) is 25.3 Å². The summed E-state index contributed by atoms with van der Waals surface area (Å²) in [6.45, 7) is 9.88. The first-order valence-electron chi connectivity index (χ1n) is 7.82. The van der Waals surface area contributed by atoms with Crippen LogP contribution in [-0.4, -0.2) is 30.6 Å². The minimum atomic E-state index is -0.570. The molecule has 5 nitrogen and oxygen atoms in total. The molecule has 0 radical (unpaired) electrons. The highest BCUT2D eigenvalue weighted by molar-refractivity contribution is 6.64. The van der Waals surface area contributed by atoms with E-state index in [2.05, 4.69) is 5.16 Å². The zero-order chi connectivity index (χ0) is 17.7. The van der Waals surface area contributed by atoms with Crippen LogP contribution in [0.2, 0.25) is 5.02 Å². The molecule has 2 heterocycles. The van der Waals surface area contributed by atoms with Crippen LogP contribution in [0.25, 0.3) is 11.3 Å². The number of hydrogen-bond donors (Lipinski definition) is 0. The third-order valence-electron chi connectivity index (χ3n) is 4.81. The molecule has 0 amide bonds. The second kappa shape index (κ2) is 5.79. The topological polar surface area (TPSA) is 53.7 Å². The summed E-state index contributed by atoms with van der Waals surface area (Å²) < 4.78 is 23.2. The van der Waals surface area contributed by atoms with E-state index in [0.717, 1.165) is 11.0 Å². The number of rotatable bonds is 3. The lowest BCUT2D eigenvalue weighted by Gasteiger charge is -2.32. The van der Waals surface area contributed by atoms with Crippen molar-refractivity contribution in [2.24, 2.45) is 0 Å². The summed E-state index contributed by atoms with van der Waals surface area (Å²) in [5, 5.41) is 4.79. The molecule has 2 aromatic rings. The number of methoxy groups -OCH3 is 1. The lowest BCUT2D eigenvalue weighted by atomic mass is 9.76. The molecule has 1 fully saturated rings. The molecule has 0 saturated carbocycles. The number of benzene rings is 1. The van der Waals surface area contributed by atoms with E-state index in [0.29, 0.717) is 22.2 Å². The molecule has 0 spiro atoms. The molecule has 1 saturated heterocycles. The SMILES string of the molecule is COc1ccc(Cl)cc1-c1noc(C)c1B1OC(C)(C)C(C)(C)O1. The van der Waals surface area contributed by atoms with Crippen molar-refractivity contribution in [3.8, 4) is 17.0 Å². The number of halogens is 1. The lowest BCUT2D eigenvalue weighted by Crippen LogP contribution is -2.41. The van der Waals surface area contributed by atoms with Gasteiger partial charge in [-0.05, 0) is 52.8 Å². The Morgan fingerprint density at radius 1 is 1.12 bits per heavy atom. The minimum absolute atomic E-state index is 0.447. The Hall–Kier alpha value is -1.50. The van der Waals surface area contributed by atoms with Crippen molar-refractivity contribution in [1.29, 1.82) is 0 Å². The van der Waals surface area contributed by atoms with Crippen molar-refractivity contribution >= 4 is 24.2 Å². The van der Waals surface area contributed by atoms with Gasteiger partial charge >= 0.3 is 7.12 Å². The van der Waals surface area contributed by atoms with Crippen LogP contribution in [0.5, 0.6) is 5.75 Å².